The maximum absolute atomic E-state index is 11.7. The van der Waals surface area contributed by atoms with Crippen LogP contribution in [-0.2, 0) is 9.59 Å². The van der Waals surface area contributed by atoms with Crippen LogP contribution in [0.3, 0.4) is 0 Å². The molecule has 1 aliphatic rings. The Bertz CT molecular complexity index is 317. The number of nitriles is 1. The fourth-order valence-electron chi connectivity index (χ4n) is 1.33. The molecule has 1 fully saturated rings. The summed E-state index contributed by atoms with van der Waals surface area (Å²) < 4.78 is 0. The summed E-state index contributed by atoms with van der Waals surface area (Å²) in [5.41, 5.74) is 4.02. The van der Waals surface area contributed by atoms with E-state index in [0.29, 0.717) is 13.0 Å². The number of hydrogen-bond acceptors (Lipinski definition) is 3. The Morgan fingerprint density at radius 3 is 2.43 bits per heavy atom. The first-order valence-corrected chi connectivity index (χ1v) is 4.42. The van der Waals surface area contributed by atoms with Crippen molar-refractivity contribution >= 4 is 11.8 Å². The summed E-state index contributed by atoms with van der Waals surface area (Å²) >= 11 is 0. The minimum Gasteiger partial charge on any atom is -0.368 e. The number of likely N-dealkylation sites (tertiary alicyclic amines) is 1. The molecule has 1 unspecified atom stereocenters. The van der Waals surface area contributed by atoms with E-state index in [0.717, 1.165) is 0 Å². The SMILES string of the molecule is CC(C)(C#N)C(=O)N1CCC1C(N)=O. The van der Waals surface area contributed by atoms with E-state index in [2.05, 4.69) is 0 Å². The van der Waals surface area contributed by atoms with E-state index in [4.69, 9.17) is 11.0 Å². The summed E-state index contributed by atoms with van der Waals surface area (Å²) in [5, 5.41) is 8.74. The third-order valence-corrected chi connectivity index (χ3v) is 2.42. The Labute approximate surface area is 82.5 Å². The highest BCUT2D eigenvalue weighted by atomic mass is 16.2. The smallest absolute Gasteiger partial charge is 0.243 e. The van der Waals surface area contributed by atoms with Crippen LogP contribution in [0.5, 0.6) is 0 Å². The van der Waals surface area contributed by atoms with Crippen LogP contribution >= 0.6 is 0 Å². The van der Waals surface area contributed by atoms with Crippen LogP contribution in [0, 0.1) is 16.7 Å². The molecule has 5 nitrogen and oxygen atoms in total. The molecule has 0 aromatic heterocycles. The van der Waals surface area contributed by atoms with E-state index in [1.807, 2.05) is 6.07 Å². The van der Waals surface area contributed by atoms with Crippen molar-refractivity contribution in [3.63, 3.8) is 0 Å². The molecule has 14 heavy (non-hydrogen) atoms. The first kappa shape index (κ1) is 10.5. The standard InChI is InChI=1S/C9H13N3O2/c1-9(2,5-10)8(14)12-4-3-6(12)7(11)13/h6H,3-4H2,1-2H3,(H2,11,13). The fraction of sp³-hybridized carbons (Fsp3) is 0.667. The molecule has 1 atom stereocenters. The molecule has 0 bridgehead atoms. The molecule has 0 spiro atoms. The van der Waals surface area contributed by atoms with Crippen LogP contribution in [0.15, 0.2) is 0 Å². The number of carbonyl (C=O) groups is 2. The van der Waals surface area contributed by atoms with Crippen LogP contribution < -0.4 is 5.73 Å². The van der Waals surface area contributed by atoms with E-state index in [1.54, 1.807) is 0 Å². The molecule has 1 heterocycles. The number of hydrogen-bond donors (Lipinski definition) is 1. The highest BCUT2D eigenvalue weighted by molar-refractivity contribution is 5.91. The Morgan fingerprint density at radius 1 is 1.57 bits per heavy atom. The van der Waals surface area contributed by atoms with Gasteiger partial charge in [0, 0.05) is 6.54 Å². The van der Waals surface area contributed by atoms with Gasteiger partial charge in [0.2, 0.25) is 11.8 Å². The number of nitrogens with zero attached hydrogens (tertiary/aromatic N) is 2. The number of rotatable bonds is 2. The third-order valence-electron chi connectivity index (χ3n) is 2.42. The van der Waals surface area contributed by atoms with Gasteiger partial charge in [0.15, 0.2) is 0 Å². The number of nitrogens with two attached hydrogens (primary N) is 1. The highest BCUT2D eigenvalue weighted by Crippen LogP contribution is 2.25. The topological polar surface area (TPSA) is 87.2 Å². The fourth-order valence-corrected chi connectivity index (χ4v) is 1.33. The first-order valence-electron chi connectivity index (χ1n) is 4.42. The normalized spacial score (nSPS) is 20.9. The van der Waals surface area contributed by atoms with E-state index >= 15 is 0 Å². The van der Waals surface area contributed by atoms with Gasteiger partial charge in [-0.1, -0.05) is 0 Å². The van der Waals surface area contributed by atoms with Crippen molar-refractivity contribution < 1.29 is 9.59 Å². The predicted octanol–water partition coefficient (Wildman–Crippen LogP) is -0.378. The molecule has 0 saturated carbocycles. The lowest BCUT2D eigenvalue weighted by Gasteiger charge is -2.41. The Balaban J connectivity index is 2.73. The van der Waals surface area contributed by atoms with Crippen molar-refractivity contribution in [3.8, 4) is 6.07 Å². The zero-order valence-electron chi connectivity index (χ0n) is 8.28. The second kappa shape index (κ2) is 3.29. The quantitative estimate of drug-likeness (QED) is 0.651. The van der Waals surface area contributed by atoms with Crippen molar-refractivity contribution in [3.05, 3.63) is 0 Å². The number of amides is 2. The van der Waals surface area contributed by atoms with Crippen molar-refractivity contribution in [1.82, 2.24) is 4.90 Å². The van der Waals surface area contributed by atoms with Crippen LogP contribution in [0.4, 0.5) is 0 Å². The molecule has 1 rings (SSSR count). The van der Waals surface area contributed by atoms with E-state index in [-0.39, 0.29) is 5.91 Å². The Morgan fingerprint density at radius 2 is 2.14 bits per heavy atom. The minimum absolute atomic E-state index is 0.324. The third kappa shape index (κ3) is 1.55. The minimum atomic E-state index is -1.08. The molecule has 0 aliphatic carbocycles. The van der Waals surface area contributed by atoms with E-state index in [9.17, 15) is 9.59 Å². The average molecular weight is 195 g/mol. The Hall–Kier alpha value is -1.57. The van der Waals surface area contributed by atoms with Crippen LogP contribution in [0.2, 0.25) is 0 Å². The van der Waals surface area contributed by atoms with Gasteiger partial charge < -0.3 is 10.6 Å². The molecule has 1 saturated heterocycles. The van der Waals surface area contributed by atoms with Gasteiger partial charge in [-0.25, -0.2) is 0 Å². The van der Waals surface area contributed by atoms with Crippen LogP contribution in [0.1, 0.15) is 20.3 Å². The highest BCUT2D eigenvalue weighted by Gasteiger charge is 2.42. The monoisotopic (exact) mass is 195 g/mol. The molecule has 0 aromatic carbocycles. The van der Waals surface area contributed by atoms with Gasteiger partial charge in [-0.05, 0) is 20.3 Å². The molecular formula is C9H13N3O2. The lowest BCUT2D eigenvalue weighted by atomic mass is 9.90. The summed E-state index contributed by atoms with van der Waals surface area (Å²) in [6.07, 6.45) is 0.600. The summed E-state index contributed by atoms with van der Waals surface area (Å²) in [6, 6.07) is 1.39. The molecule has 0 radical (unpaired) electrons. The van der Waals surface area contributed by atoms with Gasteiger partial charge >= 0.3 is 0 Å². The van der Waals surface area contributed by atoms with Crippen molar-refractivity contribution in [2.45, 2.75) is 26.3 Å². The largest absolute Gasteiger partial charge is 0.368 e. The second-order valence-corrected chi connectivity index (χ2v) is 3.94. The number of primary amides is 1. The second-order valence-electron chi connectivity index (χ2n) is 3.94. The average Bonchev–Trinajstić information content (AvgIpc) is 2.01. The molecule has 2 N–H and O–H groups in total. The molecular weight excluding hydrogens is 182 g/mol. The van der Waals surface area contributed by atoms with Gasteiger partial charge in [0.25, 0.3) is 0 Å². The van der Waals surface area contributed by atoms with Gasteiger partial charge in [0.05, 0.1) is 6.07 Å². The maximum Gasteiger partial charge on any atom is 0.243 e. The van der Waals surface area contributed by atoms with Crippen LogP contribution in [-0.4, -0.2) is 29.3 Å². The Kier molecular flexibility index (Phi) is 2.47. The van der Waals surface area contributed by atoms with E-state index in [1.165, 1.54) is 18.7 Å². The van der Waals surface area contributed by atoms with Gasteiger partial charge in [0.1, 0.15) is 11.5 Å². The molecule has 76 valence electrons. The summed E-state index contributed by atoms with van der Waals surface area (Å²) in [6.45, 7) is 3.58. The summed E-state index contributed by atoms with van der Waals surface area (Å²) in [4.78, 5) is 23.9. The number of carbonyl (C=O) groups excluding carboxylic acids is 2. The lowest BCUT2D eigenvalue weighted by molar-refractivity contribution is -0.151. The molecule has 2 amide bonds. The lowest BCUT2D eigenvalue weighted by Crippen LogP contribution is -2.59. The molecule has 1 aliphatic heterocycles. The zero-order chi connectivity index (χ0) is 10.9. The molecule has 0 aromatic rings. The maximum atomic E-state index is 11.7. The molecule has 5 heteroatoms. The summed E-state index contributed by atoms with van der Waals surface area (Å²) in [5.74, 6) is -0.826. The van der Waals surface area contributed by atoms with Crippen molar-refractivity contribution in [2.75, 3.05) is 6.54 Å². The first-order chi connectivity index (χ1) is 6.40. The van der Waals surface area contributed by atoms with Crippen molar-refractivity contribution in [1.29, 1.82) is 5.26 Å². The van der Waals surface area contributed by atoms with Crippen LogP contribution in [0.25, 0.3) is 0 Å². The summed E-state index contributed by atoms with van der Waals surface area (Å²) in [7, 11) is 0. The predicted molar refractivity (Wildman–Crippen MR) is 48.7 cm³/mol. The van der Waals surface area contributed by atoms with E-state index < -0.39 is 17.4 Å². The van der Waals surface area contributed by atoms with Crippen molar-refractivity contribution in [2.24, 2.45) is 11.1 Å². The van der Waals surface area contributed by atoms with Gasteiger partial charge in [-0.2, -0.15) is 5.26 Å². The zero-order valence-corrected chi connectivity index (χ0v) is 8.28. The van der Waals surface area contributed by atoms with Gasteiger partial charge in [-0.15, -0.1) is 0 Å². The van der Waals surface area contributed by atoms with Gasteiger partial charge in [-0.3, -0.25) is 9.59 Å².